The second kappa shape index (κ2) is 6.38. The molecule has 0 saturated heterocycles. The van der Waals surface area contributed by atoms with E-state index >= 15 is 0 Å². The summed E-state index contributed by atoms with van der Waals surface area (Å²) in [4.78, 5) is 0. The van der Waals surface area contributed by atoms with Crippen LogP contribution in [0.1, 0.15) is 38.3 Å². The molecular weight excluding hydrogens is 216 g/mol. The van der Waals surface area contributed by atoms with Crippen LogP contribution in [0.25, 0.3) is 0 Å². The van der Waals surface area contributed by atoms with Crippen LogP contribution >= 0.6 is 0 Å². The maximum Gasteiger partial charge on any atom is 0.129 e. The number of aromatic hydroxyl groups is 1. The van der Waals surface area contributed by atoms with Crippen molar-refractivity contribution in [3.05, 3.63) is 17.2 Å². The fourth-order valence-electron chi connectivity index (χ4n) is 2.03. The monoisotopic (exact) mass is 238 g/mol. The molecule has 1 heterocycles. The minimum Gasteiger partial charge on any atom is -0.507 e. The fourth-order valence-corrected chi connectivity index (χ4v) is 2.03. The third kappa shape index (κ3) is 2.65. The van der Waals surface area contributed by atoms with E-state index in [0.29, 0.717) is 5.75 Å². The molecule has 17 heavy (non-hydrogen) atoms. The first-order valence-electron chi connectivity index (χ1n) is 6.32. The molecule has 96 valence electrons. The van der Waals surface area contributed by atoms with Crippen molar-refractivity contribution in [2.24, 2.45) is 0 Å². The predicted molar refractivity (Wildman–Crippen MR) is 69.2 cm³/mol. The van der Waals surface area contributed by atoms with E-state index in [2.05, 4.69) is 0 Å². The van der Waals surface area contributed by atoms with Crippen molar-refractivity contribution >= 4 is 0 Å². The highest BCUT2D eigenvalue weighted by Gasteiger charge is 2.20. The molecule has 0 radical (unpaired) electrons. The van der Waals surface area contributed by atoms with Gasteiger partial charge in [-0.1, -0.05) is 20.8 Å². The molecule has 1 aliphatic rings. The number of hydrogen-bond acceptors (Lipinski definition) is 3. The predicted octanol–water partition coefficient (Wildman–Crippen LogP) is 3.31. The summed E-state index contributed by atoms with van der Waals surface area (Å²) in [5, 5.41) is 10.1. The van der Waals surface area contributed by atoms with Crippen molar-refractivity contribution in [2.75, 3.05) is 13.7 Å². The van der Waals surface area contributed by atoms with Crippen LogP contribution in [0.5, 0.6) is 17.2 Å². The molecule has 2 rings (SSSR count). The molecule has 3 heteroatoms. The van der Waals surface area contributed by atoms with E-state index in [0.717, 1.165) is 48.5 Å². The zero-order valence-electron chi connectivity index (χ0n) is 11.2. The summed E-state index contributed by atoms with van der Waals surface area (Å²) in [7, 11) is 1.61. The van der Waals surface area contributed by atoms with Gasteiger partial charge in [-0.25, -0.2) is 0 Å². The van der Waals surface area contributed by atoms with Crippen LogP contribution in [0.15, 0.2) is 6.07 Å². The minimum atomic E-state index is 0.353. The molecule has 0 bridgehead atoms. The van der Waals surface area contributed by atoms with Gasteiger partial charge in [0.1, 0.15) is 17.2 Å². The fraction of sp³-hybridized carbons (Fsp3) is 0.571. The second-order valence-electron chi connectivity index (χ2n) is 3.69. The highest BCUT2D eigenvalue weighted by molar-refractivity contribution is 5.57. The van der Waals surface area contributed by atoms with Crippen molar-refractivity contribution in [3.8, 4) is 17.2 Å². The number of hydrogen-bond donors (Lipinski definition) is 1. The first kappa shape index (κ1) is 13.7. The van der Waals surface area contributed by atoms with Crippen molar-refractivity contribution in [1.82, 2.24) is 0 Å². The van der Waals surface area contributed by atoms with Crippen molar-refractivity contribution in [2.45, 2.75) is 40.0 Å². The Balaban J connectivity index is 0.000000686. The normalized spacial score (nSPS) is 12.9. The SMILES string of the molecule is CC.CCc1c(OC)cc2c(c1O)CCCO2. The molecule has 0 saturated carbocycles. The summed E-state index contributed by atoms with van der Waals surface area (Å²) in [6.45, 7) is 6.73. The van der Waals surface area contributed by atoms with Gasteiger partial charge in [-0.05, 0) is 19.3 Å². The second-order valence-corrected chi connectivity index (χ2v) is 3.69. The Bertz CT molecular complexity index is 358. The van der Waals surface area contributed by atoms with Gasteiger partial charge < -0.3 is 14.6 Å². The van der Waals surface area contributed by atoms with E-state index < -0.39 is 0 Å². The van der Waals surface area contributed by atoms with Gasteiger partial charge in [-0.2, -0.15) is 0 Å². The molecule has 1 aromatic rings. The zero-order valence-corrected chi connectivity index (χ0v) is 11.2. The van der Waals surface area contributed by atoms with Gasteiger partial charge in [0.25, 0.3) is 0 Å². The number of methoxy groups -OCH3 is 1. The quantitative estimate of drug-likeness (QED) is 0.859. The Morgan fingerprint density at radius 2 is 2.12 bits per heavy atom. The van der Waals surface area contributed by atoms with E-state index in [1.807, 2.05) is 26.8 Å². The molecule has 1 aliphatic heterocycles. The van der Waals surface area contributed by atoms with Gasteiger partial charge >= 0.3 is 0 Å². The van der Waals surface area contributed by atoms with Gasteiger partial charge in [0.15, 0.2) is 0 Å². The highest BCUT2D eigenvalue weighted by atomic mass is 16.5. The molecule has 0 aromatic heterocycles. The molecule has 0 aliphatic carbocycles. The van der Waals surface area contributed by atoms with Crippen LogP contribution in [-0.2, 0) is 12.8 Å². The molecule has 3 nitrogen and oxygen atoms in total. The lowest BCUT2D eigenvalue weighted by molar-refractivity contribution is 0.280. The summed E-state index contributed by atoms with van der Waals surface area (Å²) < 4.78 is 10.7. The van der Waals surface area contributed by atoms with E-state index in [1.54, 1.807) is 7.11 Å². The molecule has 0 atom stereocenters. The van der Waals surface area contributed by atoms with E-state index in [-0.39, 0.29) is 0 Å². The Morgan fingerprint density at radius 3 is 2.71 bits per heavy atom. The summed E-state index contributed by atoms with van der Waals surface area (Å²) in [6, 6.07) is 1.88. The third-order valence-corrected chi connectivity index (χ3v) is 2.83. The highest BCUT2D eigenvalue weighted by Crippen LogP contribution is 2.40. The van der Waals surface area contributed by atoms with E-state index in [4.69, 9.17) is 9.47 Å². The average molecular weight is 238 g/mol. The van der Waals surface area contributed by atoms with Gasteiger partial charge in [0.2, 0.25) is 0 Å². The number of rotatable bonds is 2. The Hall–Kier alpha value is -1.38. The Morgan fingerprint density at radius 1 is 1.41 bits per heavy atom. The van der Waals surface area contributed by atoms with Crippen LogP contribution in [0.4, 0.5) is 0 Å². The van der Waals surface area contributed by atoms with Gasteiger partial charge in [-0.3, -0.25) is 0 Å². The van der Waals surface area contributed by atoms with E-state index in [9.17, 15) is 5.11 Å². The molecule has 1 N–H and O–H groups in total. The Labute approximate surface area is 103 Å². The number of benzene rings is 1. The smallest absolute Gasteiger partial charge is 0.129 e. The average Bonchev–Trinajstić information content (AvgIpc) is 2.41. The maximum atomic E-state index is 10.1. The number of fused-ring (bicyclic) bond motifs is 1. The lowest BCUT2D eigenvalue weighted by Gasteiger charge is -2.21. The molecule has 1 aromatic carbocycles. The minimum absolute atomic E-state index is 0.353. The first-order chi connectivity index (χ1) is 8.27. The van der Waals surface area contributed by atoms with Crippen molar-refractivity contribution in [1.29, 1.82) is 0 Å². The Kier molecular flexibility index (Phi) is 5.13. The summed E-state index contributed by atoms with van der Waals surface area (Å²) >= 11 is 0. The first-order valence-corrected chi connectivity index (χ1v) is 6.32. The van der Waals surface area contributed by atoms with Crippen LogP contribution < -0.4 is 9.47 Å². The lowest BCUT2D eigenvalue weighted by Crippen LogP contribution is -2.09. The molecule has 0 spiro atoms. The van der Waals surface area contributed by atoms with Crippen molar-refractivity contribution < 1.29 is 14.6 Å². The molecule has 0 fully saturated rings. The van der Waals surface area contributed by atoms with E-state index in [1.165, 1.54) is 0 Å². The van der Waals surface area contributed by atoms with Crippen LogP contribution in [0.3, 0.4) is 0 Å². The standard InChI is InChI=1S/C12H16O3.C2H6/c1-3-8-10(14-2)7-11-9(12(8)13)5-4-6-15-11;1-2/h7,13H,3-6H2,1-2H3;1-2H3. The largest absolute Gasteiger partial charge is 0.507 e. The molecule has 0 unspecified atom stereocenters. The van der Waals surface area contributed by atoms with Gasteiger partial charge in [0.05, 0.1) is 13.7 Å². The zero-order chi connectivity index (χ0) is 12.8. The summed E-state index contributed by atoms with van der Waals surface area (Å²) in [5.41, 5.74) is 1.81. The topological polar surface area (TPSA) is 38.7 Å². The maximum absolute atomic E-state index is 10.1. The molecular formula is C14H22O3. The van der Waals surface area contributed by atoms with Gasteiger partial charge in [0, 0.05) is 17.2 Å². The molecule has 0 amide bonds. The lowest BCUT2D eigenvalue weighted by atomic mass is 9.99. The van der Waals surface area contributed by atoms with Crippen molar-refractivity contribution in [3.63, 3.8) is 0 Å². The van der Waals surface area contributed by atoms with Crippen LogP contribution in [0, 0.1) is 0 Å². The number of phenolic OH excluding ortho intramolecular Hbond substituents is 1. The van der Waals surface area contributed by atoms with Gasteiger partial charge in [-0.15, -0.1) is 0 Å². The van der Waals surface area contributed by atoms with Crippen LogP contribution in [0.2, 0.25) is 0 Å². The number of ether oxygens (including phenoxy) is 2. The van der Waals surface area contributed by atoms with Crippen LogP contribution in [-0.4, -0.2) is 18.8 Å². The summed E-state index contributed by atoms with van der Waals surface area (Å²) in [5.74, 6) is 1.84. The number of phenols is 1. The summed E-state index contributed by atoms with van der Waals surface area (Å²) in [6.07, 6.45) is 2.62. The third-order valence-electron chi connectivity index (χ3n) is 2.83.